The number of nitrogens with zero attached hydrogens (tertiary/aromatic N) is 1. The summed E-state index contributed by atoms with van der Waals surface area (Å²) in [5.74, 6) is 1.55. The number of hydrogen-bond acceptors (Lipinski definition) is 5. The van der Waals surface area contributed by atoms with Crippen molar-refractivity contribution >= 4 is 17.7 Å². The number of carbonyl (C=O) groups is 1. The lowest BCUT2D eigenvalue weighted by molar-refractivity contribution is -0.145. The number of morpholine rings is 1. The topological polar surface area (TPSA) is 59.0 Å². The first-order chi connectivity index (χ1) is 9.67. The molecule has 0 amide bonds. The highest BCUT2D eigenvalue weighted by molar-refractivity contribution is 7.99. The van der Waals surface area contributed by atoms with Crippen LogP contribution in [-0.2, 0) is 14.3 Å². The maximum absolute atomic E-state index is 10.8. The van der Waals surface area contributed by atoms with E-state index in [9.17, 15) is 4.79 Å². The van der Waals surface area contributed by atoms with E-state index in [-0.39, 0.29) is 18.1 Å². The summed E-state index contributed by atoms with van der Waals surface area (Å²) in [6.07, 6.45) is 3.28. The molecule has 6 heteroatoms. The maximum atomic E-state index is 10.8. The Labute approximate surface area is 124 Å². The van der Waals surface area contributed by atoms with E-state index >= 15 is 0 Å². The van der Waals surface area contributed by atoms with E-state index < -0.39 is 5.97 Å². The second-order valence-electron chi connectivity index (χ2n) is 6.07. The first-order valence-corrected chi connectivity index (χ1v) is 8.61. The van der Waals surface area contributed by atoms with E-state index in [2.05, 4.69) is 4.90 Å². The third-order valence-corrected chi connectivity index (χ3v) is 5.85. The molecule has 3 heterocycles. The molecular formula is C14H23NO4S. The van der Waals surface area contributed by atoms with E-state index in [0.717, 1.165) is 44.7 Å². The number of carboxylic acid groups (broad SMARTS) is 1. The van der Waals surface area contributed by atoms with Gasteiger partial charge < -0.3 is 14.6 Å². The van der Waals surface area contributed by atoms with E-state index in [0.29, 0.717) is 12.6 Å². The van der Waals surface area contributed by atoms with Crippen LogP contribution >= 0.6 is 11.8 Å². The van der Waals surface area contributed by atoms with Crippen molar-refractivity contribution in [2.75, 3.05) is 37.8 Å². The highest BCUT2D eigenvalue weighted by Gasteiger charge is 2.42. The molecule has 0 aromatic rings. The van der Waals surface area contributed by atoms with Gasteiger partial charge in [-0.2, -0.15) is 11.8 Å². The monoisotopic (exact) mass is 301 g/mol. The molecule has 0 radical (unpaired) electrons. The molecule has 0 bridgehead atoms. The van der Waals surface area contributed by atoms with Crippen molar-refractivity contribution in [2.24, 2.45) is 0 Å². The summed E-state index contributed by atoms with van der Waals surface area (Å²) >= 11 is 1.99. The van der Waals surface area contributed by atoms with Gasteiger partial charge in [-0.15, -0.1) is 0 Å². The van der Waals surface area contributed by atoms with Gasteiger partial charge in [0.05, 0.1) is 24.7 Å². The molecule has 3 rings (SSSR count). The number of hydrogen-bond donors (Lipinski definition) is 1. The van der Waals surface area contributed by atoms with Crippen molar-refractivity contribution in [3.63, 3.8) is 0 Å². The Bertz CT molecular complexity index is 359. The van der Waals surface area contributed by atoms with Gasteiger partial charge in [-0.3, -0.25) is 9.69 Å². The third-order valence-electron chi connectivity index (χ3n) is 4.62. The van der Waals surface area contributed by atoms with Crippen LogP contribution in [0.5, 0.6) is 0 Å². The van der Waals surface area contributed by atoms with Gasteiger partial charge in [-0.25, -0.2) is 0 Å². The van der Waals surface area contributed by atoms with Crippen LogP contribution in [0.25, 0.3) is 0 Å². The fourth-order valence-electron chi connectivity index (χ4n) is 3.57. The number of aliphatic carboxylic acids is 1. The fraction of sp³-hybridized carbons (Fsp3) is 0.929. The third kappa shape index (κ3) is 3.30. The predicted octanol–water partition coefficient (Wildman–Crippen LogP) is 1.22. The standard InChI is InChI=1S/C14H23NO4S/c16-13(17)7-12-9-15(3-5-18-12)11-1-4-19-14(8-11)2-6-20-10-14/h11-12H,1-10H2,(H,16,17). The lowest BCUT2D eigenvalue weighted by atomic mass is 9.88. The Kier molecular flexibility index (Phi) is 4.55. The van der Waals surface area contributed by atoms with Crippen LogP contribution in [0.3, 0.4) is 0 Å². The van der Waals surface area contributed by atoms with Gasteiger partial charge in [0.25, 0.3) is 0 Å². The zero-order chi connectivity index (χ0) is 14.0. The maximum Gasteiger partial charge on any atom is 0.306 e. The van der Waals surface area contributed by atoms with Crippen LogP contribution in [0.2, 0.25) is 0 Å². The zero-order valence-corrected chi connectivity index (χ0v) is 12.6. The molecule has 0 aliphatic carbocycles. The summed E-state index contributed by atoms with van der Waals surface area (Å²) in [4.78, 5) is 13.3. The largest absolute Gasteiger partial charge is 0.481 e. The number of thioether (sulfide) groups is 1. The molecule has 5 nitrogen and oxygen atoms in total. The Hall–Kier alpha value is -0.300. The SMILES string of the molecule is O=C(O)CC1CN(C2CCOC3(CCSC3)C2)CCO1. The second-order valence-corrected chi connectivity index (χ2v) is 7.17. The van der Waals surface area contributed by atoms with E-state index in [1.165, 1.54) is 5.75 Å². The number of ether oxygens (including phenoxy) is 2. The summed E-state index contributed by atoms with van der Waals surface area (Å²) in [5, 5.41) is 8.91. The quantitative estimate of drug-likeness (QED) is 0.846. The molecular weight excluding hydrogens is 278 g/mol. The molecule has 1 N–H and O–H groups in total. The van der Waals surface area contributed by atoms with Crippen LogP contribution in [0.4, 0.5) is 0 Å². The molecule has 3 fully saturated rings. The highest BCUT2D eigenvalue weighted by Crippen LogP contribution is 2.39. The Balaban J connectivity index is 1.58. The minimum atomic E-state index is -0.771. The minimum absolute atomic E-state index is 0.0915. The van der Waals surface area contributed by atoms with Crippen LogP contribution in [0.1, 0.15) is 25.7 Å². The van der Waals surface area contributed by atoms with Crippen molar-refractivity contribution in [3.05, 3.63) is 0 Å². The van der Waals surface area contributed by atoms with Gasteiger partial charge in [0.2, 0.25) is 0 Å². The number of rotatable bonds is 3. The molecule has 1 spiro atoms. The van der Waals surface area contributed by atoms with E-state index in [1.54, 1.807) is 0 Å². The Morgan fingerprint density at radius 3 is 3.10 bits per heavy atom. The molecule has 0 aromatic heterocycles. The lowest BCUT2D eigenvalue weighted by Gasteiger charge is -2.45. The molecule has 20 heavy (non-hydrogen) atoms. The van der Waals surface area contributed by atoms with Crippen molar-refractivity contribution in [1.29, 1.82) is 0 Å². The first-order valence-electron chi connectivity index (χ1n) is 7.46. The first kappa shape index (κ1) is 14.6. The second kappa shape index (κ2) is 6.22. The summed E-state index contributed by atoms with van der Waals surface area (Å²) in [5.41, 5.74) is 0.0915. The van der Waals surface area contributed by atoms with Crippen LogP contribution in [0, 0.1) is 0 Å². The molecule has 3 aliphatic rings. The van der Waals surface area contributed by atoms with Gasteiger partial charge in [0.1, 0.15) is 0 Å². The smallest absolute Gasteiger partial charge is 0.306 e. The van der Waals surface area contributed by atoms with Crippen LogP contribution < -0.4 is 0 Å². The van der Waals surface area contributed by atoms with Crippen molar-refractivity contribution in [2.45, 2.75) is 43.4 Å². The van der Waals surface area contributed by atoms with Gasteiger partial charge in [0.15, 0.2) is 0 Å². The fourth-order valence-corrected chi connectivity index (χ4v) is 4.95. The van der Waals surface area contributed by atoms with Crippen LogP contribution in [-0.4, -0.2) is 71.5 Å². The Morgan fingerprint density at radius 1 is 1.45 bits per heavy atom. The summed E-state index contributed by atoms with van der Waals surface area (Å²) in [6.45, 7) is 3.16. The average molecular weight is 301 g/mol. The summed E-state index contributed by atoms with van der Waals surface area (Å²) in [6, 6.07) is 0.530. The Morgan fingerprint density at radius 2 is 2.35 bits per heavy atom. The zero-order valence-electron chi connectivity index (χ0n) is 11.8. The highest BCUT2D eigenvalue weighted by atomic mass is 32.2. The number of carboxylic acids is 1. The van der Waals surface area contributed by atoms with Gasteiger partial charge in [-0.05, 0) is 25.0 Å². The molecule has 0 saturated carbocycles. The van der Waals surface area contributed by atoms with Gasteiger partial charge in [0, 0.05) is 31.5 Å². The van der Waals surface area contributed by atoms with Crippen LogP contribution in [0.15, 0.2) is 0 Å². The van der Waals surface area contributed by atoms with Crippen molar-refractivity contribution in [1.82, 2.24) is 4.90 Å². The van der Waals surface area contributed by atoms with E-state index in [4.69, 9.17) is 14.6 Å². The molecule has 3 saturated heterocycles. The molecule has 3 atom stereocenters. The molecule has 3 unspecified atom stereocenters. The molecule has 0 aromatic carbocycles. The summed E-state index contributed by atoms with van der Waals surface area (Å²) in [7, 11) is 0. The molecule has 3 aliphatic heterocycles. The molecule has 114 valence electrons. The van der Waals surface area contributed by atoms with Gasteiger partial charge >= 0.3 is 5.97 Å². The van der Waals surface area contributed by atoms with Gasteiger partial charge in [-0.1, -0.05) is 0 Å². The minimum Gasteiger partial charge on any atom is -0.481 e. The summed E-state index contributed by atoms with van der Waals surface area (Å²) < 4.78 is 11.6. The lowest BCUT2D eigenvalue weighted by Crippen LogP contribution is -2.54. The van der Waals surface area contributed by atoms with Crippen molar-refractivity contribution in [3.8, 4) is 0 Å². The van der Waals surface area contributed by atoms with Crippen molar-refractivity contribution < 1.29 is 19.4 Å². The van der Waals surface area contributed by atoms with E-state index in [1.807, 2.05) is 11.8 Å². The average Bonchev–Trinajstić information content (AvgIpc) is 2.86. The normalized spacial score (nSPS) is 39.2. The predicted molar refractivity (Wildman–Crippen MR) is 77.2 cm³/mol.